The van der Waals surface area contributed by atoms with Gasteiger partial charge in [-0.25, -0.2) is 4.79 Å². The normalized spacial score (nSPS) is 14.8. The van der Waals surface area contributed by atoms with Crippen LogP contribution in [0.5, 0.6) is 0 Å². The fraction of sp³-hybridized carbons (Fsp3) is 0.407. The van der Waals surface area contributed by atoms with Crippen molar-refractivity contribution in [2.75, 3.05) is 0 Å². The van der Waals surface area contributed by atoms with E-state index in [2.05, 4.69) is 16.4 Å². The SMILES string of the molecule is CCCC/C(NC(=O)C1CCCCC1)=C(\Cc1ccc(-c2ccccc2C#N)nc1)C(=O)O. The second-order valence-corrected chi connectivity index (χ2v) is 8.58. The van der Waals surface area contributed by atoms with E-state index in [4.69, 9.17) is 0 Å². The summed E-state index contributed by atoms with van der Waals surface area (Å²) in [7, 11) is 0. The third-order valence-electron chi connectivity index (χ3n) is 6.18. The molecule has 6 heteroatoms. The zero-order valence-electron chi connectivity index (χ0n) is 19.1. The molecule has 0 bridgehead atoms. The highest BCUT2D eigenvalue weighted by Crippen LogP contribution is 2.26. The van der Waals surface area contributed by atoms with Gasteiger partial charge in [0.15, 0.2) is 0 Å². The van der Waals surface area contributed by atoms with E-state index < -0.39 is 5.97 Å². The van der Waals surface area contributed by atoms with Crippen molar-refractivity contribution in [1.29, 1.82) is 5.26 Å². The Hall–Kier alpha value is -3.46. The van der Waals surface area contributed by atoms with Crippen LogP contribution in [0.3, 0.4) is 0 Å². The van der Waals surface area contributed by atoms with Gasteiger partial charge in [-0.2, -0.15) is 5.26 Å². The summed E-state index contributed by atoms with van der Waals surface area (Å²) in [6.07, 6.45) is 9.04. The Morgan fingerprint density at radius 1 is 1.15 bits per heavy atom. The average molecular weight is 446 g/mol. The smallest absolute Gasteiger partial charge is 0.333 e. The number of allylic oxidation sites excluding steroid dienone is 1. The molecule has 0 atom stereocenters. The topological polar surface area (TPSA) is 103 Å². The molecule has 1 aromatic heterocycles. The van der Waals surface area contributed by atoms with Gasteiger partial charge in [0.05, 0.1) is 22.9 Å². The van der Waals surface area contributed by atoms with Crippen molar-refractivity contribution in [1.82, 2.24) is 10.3 Å². The van der Waals surface area contributed by atoms with Gasteiger partial charge < -0.3 is 10.4 Å². The van der Waals surface area contributed by atoms with Gasteiger partial charge in [0.2, 0.25) is 5.91 Å². The van der Waals surface area contributed by atoms with Crippen LogP contribution in [0.25, 0.3) is 11.3 Å². The number of unbranched alkanes of at least 4 members (excludes halogenated alkanes) is 1. The van der Waals surface area contributed by atoms with Crippen molar-refractivity contribution >= 4 is 11.9 Å². The highest BCUT2D eigenvalue weighted by Gasteiger charge is 2.24. The van der Waals surface area contributed by atoms with Crippen LogP contribution < -0.4 is 5.32 Å². The Kier molecular flexibility index (Phi) is 8.77. The highest BCUT2D eigenvalue weighted by molar-refractivity contribution is 5.90. The molecule has 1 saturated carbocycles. The lowest BCUT2D eigenvalue weighted by Gasteiger charge is -2.22. The van der Waals surface area contributed by atoms with E-state index in [1.165, 1.54) is 0 Å². The number of hydrogen-bond donors (Lipinski definition) is 2. The second-order valence-electron chi connectivity index (χ2n) is 8.58. The number of carboxylic acid groups (broad SMARTS) is 1. The fourth-order valence-electron chi connectivity index (χ4n) is 4.27. The number of nitriles is 1. The molecule has 0 unspecified atom stereocenters. The zero-order chi connectivity index (χ0) is 23.6. The van der Waals surface area contributed by atoms with Crippen molar-refractivity contribution in [2.24, 2.45) is 5.92 Å². The minimum atomic E-state index is -1.02. The highest BCUT2D eigenvalue weighted by atomic mass is 16.4. The third kappa shape index (κ3) is 6.52. The minimum Gasteiger partial charge on any atom is -0.478 e. The van der Waals surface area contributed by atoms with E-state index >= 15 is 0 Å². The molecule has 0 spiro atoms. The van der Waals surface area contributed by atoms with E-state index in [9.17, 15) is 20.0 Å². The van der Waals surface area contributed by atoms with E-state index in [1.54, 1.807) is 24.4 Å². The summed E-state index contributed by atoms with van der Waals surface area (Å²) >= 11 is 0. The van der Waals surface area contributed by atoms with E-state index in [1.807, 2.05) is 25.1 Å². The first-order valence-electron chi connectivity index (χ1n) is 11.7. The van der Waals surface area contributed by atoms with E-state index in [0.717, 1.165) is 56.1 Å². The molecule has 172 valence electrons. The molecule has 2 N–H and O–H groups in total. The average Bonchev–Trinajstić information content (AvgIpc) is 2.85. The molecule has 1 heterocycles. The van der Waals surface area contributed by atoms with E-state index in [0.29, 0.717) is 23.4 Å². The summed E-state index contributed by atoms with van der Waals surface area (Å²) in [6.45, 7) is 2.04. The van der Waals surface area contributed by atoms with Gasteiger partial charge in [0.25, 0.3) is 0 Å². The lowest BCUT2D eigenvalue weighted by Crippen LogP contribution is -2.33. The molecule has 1 aliphatic rings. The van der Waals surface area contributed by atoms with Crippen LogP contribution in [-0.2, 0) is 16.0 Å². The maximum atomic E-state index is 12.8. The largest absolute Gasteiger partial charge is 0.478 e. The van der Waals surface area contributed by atoms with Gasteiger partial charge in [0, 0.05) is 29.8 Å². The zero-order valence-corrected chi connectivity index (χ0v) is 19.1. The Bertz CT molecular complexity index is 1050. The van der Waals surface area contributed by atoms with Gasteiger partial charge in [-0.1, -0.05) is 56.9 Å². The Morgan fingerprint density at radius 3 is 2.55 bits per heavy atom. The number of benzene rings is 1. The predicted molar refractivity (Wildman–Crippen MR) is 127 cm³/mol. The summed E-state index contributed by atoms with van der Waals surface area (Å²) in [4.78, 5) is 29.5. The monoisotopic (exact) mass is 445 g/mol. The molecule has 1 aromatic carbocycles. The van der Waals surface area contributed by atoms with Crippen LogP contribution in [0.15, 0.2) is 53.9 Å². The minimum absolute atomic E-state index is 0.0356. The molecule has 6 nitrogen and oxygen atoms in total. The number of amides is 1. The summed E-state index contributed by atoms with van der Waals surface area (Å²) in [5, 5.41) is 22.3. The molecule has 0 radical (unpaired) electrons. The van der Waals surface area contributed by atoms with Gasteiger partial charge in [-0.15, -0.1) is 0 Å². The first kappa shape index (κ1) is 24.2. The molecule has 1 amide bonds. The van der Waals surface area contributed by atoms with Crippen molar-refractivity contribution in [3.63, 3.8) is 0 Å². The molecule has 2 aromatic rings. The Labute approximate surface area is 195 Å². The number of carbonyl (C=O) groups is 2. The van der Waals surface area contributed by atoms with Crippen molar-refractivity contribution < 1.29 is 14.7 Å². The molecule has 1 aliphatic carbocycles. The van der Waals surface area contributed by atoms with Gasteiger partial charge >= 0.3 is 5.97 Å². The lowest BCUT2D eigenvalue weighted by molar-refractivity contribution is -0.132. The van der Waals surface area contributed by atoms with Crippen LogP contribution in [-0.4, -0.2) is 22.0 Å². The number of nitrogens with one attached hydrogen (secondary N) is 1. The molecule has 0 saturated heterocycles. The number of carboxylic acids is 1. The predicted octanol–water partition coefficient (Wildman–Crippen LogP) is 5.39. The molecule has 1 fully saturated rings. The quantitative estimate of drug-likeness (QED) is 0.504. The van der Waals surface area contributed by atoms with Gasteiger partial charge in [-0.05, 0) is 43.4 Å². The number of aromatic nitrogens is 1. The first-order valence-corrected chi connectivity index (χ1v) is 11.7. The molecular weight excluding hydrogens is 414 g/mol. The third-order valence-corrected chi connectivity index (χ3v) is 6.18. The summed E-state index contributed by atoms with van der Waals surface area (Å²) in [5.74, 6) is -1.11. The second kappa shape index (κ2) is 12.0. The number of aliphatic carboxylic acids is 1. The van der Waals surface area contributed by atoms with Crippen LogP contribution in [0.1, 0.15) is 69.4 Å². The van der Waals surface area contributed by atoms with Crippen LogP contribution >= 0.6 is 0 Å². The molecular formula is C27H31N3O3. The first-order chi connectivity index (χ1) is 16.0. The number of hydrogen-bond acceptors (Lipinski definition) is 4. The number of rotatable bonds is 9. The Morgan fingerprint density at radius 2 is 1.91 bits per heavy atom. The van der Waals surface area contributed by atoms with E-state index in [-0.39, 0.29) is 23.8 Å². The summed E-state index contributed by atoms with van der Waals surface area (Å²) < 4.78 is 0. The maximum Gasteiger partial charge on any atom is 0.333 e. The van der Waals surface area contributed by atoms with Crippen molar-refractivity contribution in [2.45, 2.75) is 64.7 Å². The molecule has 3 rings (SSSR count). The lowest BCUT2D eigenvalue weighted by atomic mass is 9.88. The number of carbonyl (C=O) groups excluding carboxylic acids is 1. The molecule has 0 aliphatic heterocycles. The number of pyridine rings is 1. The fourth-order valence-corrected chi connectivity index (χ4v) is 4.27. The van der Waals surface area contributed by atoms with Crippen molar-refractivity contribution in [3.8, 4) is 17.3 Å². The maximum absolute atomic E-state index is 12.8. The van der Waals surface area contributed by atoms with Gasteiger partial charge in [0.1, 0.15) is 0 Å². The van der Waals surface area contributed by atoms with Crippen molar-refractivity contribution in [3.05, 3.63) is 65.0 Å². The number of nitrogens with zero attached hydrogens (tertiary/aromatic N) is 2. The summed E-state index contributed by atoms with van der Waals surface area (Å²) in [5.41, 5.74) is 3.40. The Balaban J connectivity index is 1.84. The van der Waals surface area contributed by atoms with Gasteiger partial charge in [-0.3, -0.25) is 9.78 Å². The van der Waals surface area contributed by atoms with Crippen LogP contribution in [0, 0.1) is 17.2 Å². The molecule has 33 heavy (non-hydrogen) atoms. The van der Waals surface area contributed by atoms with Crippen LogP contribution in [0.2, 0.25) is 0 Å². The standard InChI is InChI=1S/C27H31N3O3/c1-2-3-13-25(30-26(31)20-9-5-4-6-10-20)23(27(32)33)16-19-14-15-24(29-18-19)22-12-8-7-11-21(22)17-28/h7-8,11-12,14-15,18,20H,2-6,9-10,13,16H2,1H3,(H,30,31)(H,32,33)/b25-23-. The van der Waals surface area contributed by atoms with Crippen LogP contribution in [0.4, 0.5) is 0 Å². The summed E-state index contributed by atoms with van der Waals surface area (Å²) in [6, 6.07) is 13.0.